The van der Waals surface area contributed by atoms with Crippen molar-refractivity contribution in [1.82, 2.24) is 4.90 Å². The fourth-order valence-corrected chi connectivity index (χ4v) is 3.63. The molecule has 1 amide bonds. The number of hydrogen-bond acceptors (Lipinski definition) is 4. The van der Waals surface area contributed by atoms with Crippen LogP contribution in [0.25, 0.3) is 0 Å². The van der Waals surface area contributed by atoms with E-state index >= 15 is 0 Å². The van der Waals surface area contributed by atoms with Gasteiger partial charge in [0, 0.05) is 30.4 Å². The van der Waals surface area contributed by atoms with Crippen molar-refractivity contribution in [3.05, 3.63) is 53.8 Å². The van der Waals surface area contributed by atoms with Crippen molar-refractivity contribution in [2.24, 2.45) is 5.92 Å². The summed E-state index contributed by atoms with van der Waals surface area (Å²) in [5, 5.41) is 2.78. The molecule has 29 heavy (non-hydrogen) atoms. The lowest BCUT2D eigenvalue weighted by molar-refractivity contribution is 0.102. The number of nitrogens with zero attached hydrogens (tertiary/aromatic N) is 2. The van der Waals surface area contributed by atoms with Gasteiger partial charge in [-0.3, -0.25) is 4.79 Å². The van der Waals surface area contributed by atoms with Crippen LogP contribution in [-0.4, -0.2) is 50.6 Å². The molecule has 5 nitrogen and oxygen atoms in total. The monoisotopic (exact) mass is 397 g/mol. The number of anilines is 2. The van der Waals surface area contributed by atoms with E-state index in [1.165, 1.54) is 18.9 Å². The molecule has 1 saturated heterocycles. The summed E-state index contributed by atoms with van der Waals surface area (Å²) in [7, 11) is 4.10. The standard InChI is InChI=1S/C23H28FN3O2/c1-26(2)19-11-12-27(14-19)22-10-7-18(13-21(22)24)25-23(28)17-5-8-20(9-6-17)29-15-16-3-4-16/h5-10,13,16,19H,3-4,11-12,14-15H2,1-2H3,(H,25,28). The smallest absolute Gasteiger partial charge is 0.255 e. The molecule has 0 aromatic heterocycles. The van der Waals surface area contributed by atoms with E-state index in [4.69, 9.17) is 4.74 Å². The number of amides is 1. The third kappa shape index (κ3) is 4.88. The minimum absolute atomic E-state index is 0.264. The Bertz CT molecular complexity index is 865. The molecule has 0 bridgehead atoms. The molecule has 0 spiro atoms. The molecule has 1 unspecified atom stereocenters. The van der Waals surface area contributed by atoms with Crippen LogP contribution in [0.2, 0.25) is 0 Å². The summed E-state index contributed by atoms with van der Waals surface area (Å²) in [5.74, 6) is 0.876. The van der Waals surface area contributed by atoms with Gasteiger partial charge in [0.05, 0.1) is 12.3 Å². The quantitative estimate of drug-likeness (QED) is 0.767. The summed E-state index contributed by atoms with van der Waals surface area (Å²) in [6.07, 6.45) is 3.50. The van der Waals surface area contributed by atoms with E-state index in [1.807, 2.05) is 0 Å². The summed E-state index contributed by atoms with van der Waals surface area (Å²) < 4.78 is 20.4. The van der Waals surface area contributed by atoms with Crippen LogP contribution in [0.4, 0.5) is 15.8 Å². The minimum Gasteiger partial charge on any atom is -0.493 e. The Morgan fingerprint density at radius 3 is 2.55 bits per heavy atom. The fourth-order valence-electron chi connectivity index (χ4n) is 3.63. The second-order valence-electron chi connectivity index (χ2n) is 8.25. The maximum absolute atomic E-state index is 14.7. The van der Waals surface area contributed by atoms with Crippen molar-refractivity contribution >= 4 is 17.3 Å². The average molecular weight is 397 g/mol. The van der Waals surface area contributed by atoms with Crippen LogP contribution in [0.1, 0.15) is 29.6 Å². The van der Waals surface area contributed by atoms with Gasteiger partial charge >= 0.3 is 0 Å². The number of carbonyl (C=O) groups excluding carboxylic acids is 1. The van der Waals surface area contributed by atoms with E-state index < -0.39 is 0 Å². The molecule has 4 rings (SSSR count). The summed E-state index contributed by atoms with van der Waals surface area (Å²) in [4.78, 5) is 16.7. The molecule has 1 N–H and O–H groups in total. The SMILES string of the molecule is CN(C)C1CCN(c2ccc(NC(=O)c3ccc(OCC4CC4)cc3)cc2F)C1. The number of halogens is 1. The summed E-state index contributed by atoms with van der Waals surface area (Å²) >= 11 is 0. The van der Waals surface area contributed by atoms with Gasteiger partial charge in [0.25, 0.3) is 5.91 Å². The Labute approximate surface area is 171 Å². The van der Waals surface area contributed by atoms with E-state index in [1.54, 1.807) is 36.4 Å². The van der Waals surface area contributed by atoms with Gasteiger partial charge < -0.3 is 19.9 Å². The van der Waals surface area contributed by atoms with Crippen molar-refractivity contribution in [2.45, 2.75) is 25.3 Å². The lowest BCUT2D eigenvalue weighted by atomic mass is 10.2. The highest BCUT2D eigenvalue weighted by Crippen LogP contribution is 2.30. The first kappa shape index (κ1) is 19.7. The number of carbonyl (C=O) groups is 1. The third-order valence-corrected chi connectivity index (χ3v) is 5.74. The Morgan fingerprint density at radius 1 is 1.17 bits per heavy atom. The zero-order chi connectivity index (χ0) is 20.4. The molecule has 1 atom stereocenters. The van der Waals surface area contributed by atoms with Gasteiger partial charge in [0.1, 0.15) is 11.6 Å². The van der Waals surface area contributed by atoms with Crippen LogP contribution >= 0.6 is 0 Å². The zero-order valence-electron chi connectivity index (χ0n) is 17.0. The fraction of sp³-hybridized carbons (Fsp3) is 0.435. The summed E-state index contributed by atoms with van der Waals surface area (Å²) in [5.41, 5.74) is 1.56. The predicted octanol–water partition coefficient (Wildman–Crippen LogP) is 4.01. The van der Waals surface area contributed by atoms with E-state index in [2.05, 4.69) is 29.2 Å². The molecule has 2 aromatic rings. The molecule has 2 fully saturated rings. The molecule has 1 heterocycles. The van der Waals surface area contributed by atoms with Gasteiger partial charge in [-0.05, 0) is 81.7 Å². The lowest BCUT2D eigenvalue weighted by Gasteiger charge is -2.22. The molecule has 2 aromatic carbocycles. The second kappa shape index (κ2) is 8.41. The molecular weight excluding hydrogens is 369 g/mol. The summed E-state index contributed by atoms with van der Waals surface area (Å²) in [6.45, 7) is 2.38. The number of benzene rings is 2. The van der Waals surface area contributed by atoms with Crippen molar-refractivity contribution in [2.75, 3.05) is 44.0 Å². The molecule has 1 aliphatic carbocycles. The van der Waals surface area contributed by atoms with Gasteiger partial charge in [0.2, 0.25) is 0 Å². The normalized spacial score (nSPS) is 18.9. The molecule has 0 radical (unpaired) electrons. The Kier molecular flexibility index (Phi) is 5.72. The van der Waals surface area contributed by atoms with Crippen molar-refractivity contribution in [3.8, 4) is 5.75 Å². The van der Waals surface area contributed by atoms with E-state index in [-0.39, 0.29) is 11.7 Å². The van der Waals surface area contributed by atoms with E-state index in [0.717, 1.165) is 31.9 Å². The summed E-state index contributed by atoms with van der Waals surface area (Å²) in [6, 6.07) is 12.4. The van der Waals surface area contributed by atoms with Gasteiger partial charge in [-0.15, -0.1) is 0 Å². The van der Waals surface area contributed by atoms with Crippen LogP contribution in [0.3, 0.4) is 0 Å². The molecule has 2 aliphatic rings. The minimum atomic E-state index is -0.314. The molecule has 1 aliphatic heterocycles. The lowest BCUT2D eigenvalue weighted by Crippen LogP contribution is -2.31. The maximum Gasteiger partial charge on any atom is 0.255 e. The highest BCUT2D eigenvalue weighted by atomic mass is 19.1. The Balaban J connectivity index is 1.36. The number of nitrogens with one attached hydrogen (secondary N) is 1. The highest BCUT2D eigenvalue weighted by Gasteiger charge is 2.26. The maximum atomic E-state index is 14.7. The van der Waals surface area contributed by atoms with Crippen LogP contribution in [-0.2, 0) is 0 Å². The Morgan fingerprint density at radius 2 is 1.93 bits per heavy atom. The van der Waals surface area contributed by atoms with Gasteiger partial charge in [0.15, 0.2) is 0 Å². The number of ether oxygens (including phenoxy) is 1. The van der Waals surface area contributed by atoms with E-state index in [9.17, 15) is 9.18 Å². The molecule has 6 heteroatoms. The Hall–Kier alpha value is -2.60. The molecular formula is C23H28FN3O2. The first-order chi connectivity index (χ1) is 14.0. The van der Waals surface area contributed by atoms with Crippen LogP contribution in [0, 0.1) is 11.7 Å². The zero-order valence-corrected chi connectivity index (χ0v) is 17.0. The van der Waals surface area contributed by atoms with Crippen LogP contribution in [0.5, 0.6) is 5.75 Å². The van der Waals surface area contributed by atoms with Crippen LogP contribution < -0.4 is 15.0 Å². The number of rotatable bonds is 7. The van der Waals surface area contributed by atoms with Crippen LogP contribution in [0.15, 0.2) is 42.5 Å². The van der Waals surface area contributed by atoms with Crippen molar-refractivity contribution in [3.63, 3.8) is 0 Å². The number of likely N-dealkylation sites (N-methyl/N-ethyl adjacent to an activating group) is 1. The van der Waals surface area contributed by atoms with E-state index in [0.29, 0.717) is 28.9 Å². The first-order valence-corrected chi connectivity index (χ1v) is 10.2. The van der Waals surface area contributed by atoms with Crippen molar-refractivity contribution in [1.29, 1.82) is 0 Å². The van der Waals surface area contributed by atoms with Gasteiger partial charge in [-0.2, -0.15) is 0 Å². The van der Waals surface area contributed by atoms with Gasteiger partial charge in [-0.1, -0.05) is 0 Å². The topological polar surface area (TPSA) is 44.8 Å². The average Bonchev–Trinajstić information content (AvgIpc) is 3.41. The largest absolute Gasteiger partial charge is 0.493 e. The second-order valence-corrected chi connectivity index (χ2v) is 8.25. The first-order valence-electron chi connectivity index (χ1n) is 10.2. The number of hydrogen-bond donors (Lipinski definition) is 1. The third-order valence-electron chi connectivity index (χ3n) is 5.74. The highest BCUT2D eigenvalue weighted by molar-refractivity contribution is 6.04. The van der Waals surface area contributed by atoms with Gasteiger partial charge in [-0.25, -0.2) is 4.39 Å². The molecule has 1 saturated carbocycles. The molecule has 154 valence electrons. The van der Waals surface area contributed by atoms with Crippen molar-refractivity contribution < 1.29 is 13.9 Å². The predicted molar refractivity (Wildman–Crippen MR) is 113 cm³/mol.